The molecule has 0 aromatic rings. The molecule has 3 N–H and O–H groups in total. The van der Waals surface area contributed by atoms with Crippen LogP contribution >= 0.6 is 7.60 Å². The molecule has 7 nitrogen and oxygen atoms in total. The van der Waals surface area contributed by atoms with Gasteiger partial charge in [0.1, 0.15) is 0 Å². The van der Waals surface area contributed by atoms with Crippen LogP contribution in [0.4, 0.5) is 0 Å². The average molecular weight is 357 g/mol. The highest BCUT2D eigenvalue weighted by Crippen LogP contribution is 2.38. The van der Waals surface area contributed by atoms with Crippen molar-refractivity contribution in [3.05, 3.63) is 0 Å². The molecule has 0 atom stereocenters. The van der Waals surface area contributed by atoms with Gasteiger partial charge >= 0.3 is 16.4 Å². The summed E-state index contributed by atoms with van der Waals surface area (Å²) in [5.41, 5.74) is -0.619. The van der Waals surface area contributed by atoms with Crippen LogP contribution in [0, 0.1) is 0 Å². The Bertz CT molecular complexity index is 332. The predicted octanol–water partition coefficient (Wildman–Crippen LogP) is 1.97. The lowest BCUT2D eigenvalue weighted by Crippen LogP contribution is -2.47. The smallest absolute Gasteiger partial charge is 0.374 e. The summed E-state index contributed by atoms with van der Waals surface area (Å²) in [6.45, 7) is 11.6. The quantitative estimate of drug-likeness (QED) is 0.263. The van der Waals surface area contributed by atoms with Crippen LogP contribution in [0.3, 0.4) is 0 Å². The van der Waals surface area contributed by atoms with Gasteiger partial charge < -0.3 is 28.4 Å². The molecule has 0 spiro atoms. The molecule has 0 bridgehead atoms. The Kier molecular flexibility index (Phi) is 10.2. The first-order valence-corrected chi connectivity index (χ1v) is 11.5. The minimum Gasteiger partial charge on any atom is -0.374 e. The Hall–Kier alpha value is 0.207. The van der Waals surface area contributed by atoms with Crippen molar-refractivity contribution in [2.75, 3.05) is 32.5 Å². The van der Waals surface area contributed by atoms with Gasteiger partial charge in [0.25, 0.3) is 0 Å². The molecular formula is C13H32NO6PSi. The maximum absolute atomic E-state index is 11.1. The van der Waals surface area contributed by atoms with Crippen LogP contribution in [-0.2, 0) is 17.8 Å². The molecule has 0 aliphatic heterocycles. The molecule has 0 amide bonds. The van der Waals surface area contributed by atoms with Gasteiger partial charge in [-0.3, -0.25) is 4.57 Å². The van der Waals surface area contributed by atoms with E-state index in [-0.39, 0.29) is 6.16 Å². The van der Waals surface area contributed by atoms with Gasteiger partial charge in [-0.2, -0.15) is 0 Å². The maximum atomic E-state index is 11.1. The van der Waals surface area contributed by atoms with Crippen molar-refractivity contribution in [1.29, 1.82) is 0 Å². The van der Waals surface area contributed by atoms with E-state index in [1.54, 1.807) is 13.8 Å². The van der Waals surface area contributed by atoms with Gasteiger partial charge in [-0.05, 0) is 47.6 Å². The monoisotopic (exact) mass is 357 g/mol. The zero-order valence-electron chi connectivity index (χ0n) is 14.4. The van der Waals surface area contributed by atoms with E-state index in [2.05, 4.69) is 5.32 Å². The van der Waals surface area contributed by atoms with Crippen molar-refractivity contribution in [1.82, 2.24) is 5.32 Å². The summed E-state index contributed by atoms with van der Waals surface area (Å²) >= 11 is 0. The Morgan fingerprint density at radius 3 is 1.86 bits per heavy atom. The number of nitrogens with one attached hydrogen (secondary N) is 1. The molecule has 0 radical (unpaired) electrons. The van der Waals surface area contributed by atoms with Gasteiger partial charge in [0.05, 0.1) is 6.16 Å². The second-order valence-corrected chi connectivity index (χ2v) is 10.1. The van der Waals surface area contributed by atoms with E-state index in [1.807, 2.05) is 20.8 Å². The third-order valence-electron chi connectivity index (χ3n) is 2.96. The highest BCUT2D eigenvalue weighted by Gasteiger charge is 2.39. The molecule has 0 aliphatic carbocycles. The lowest BCUT2D eigenvalue weighted by atomic mass is 10.1. The molecule has 0 heterocycles. The lowest BCUT2D eigenvalue weighted by molar-refractivity contribution is 0.0706. The molecule has 0 aromatic carbocycles. The maximum Gasteiger partial charge on any atom is 0.500 e. The van der Waals surface area contributed by atoms with Crippen LogP contribution < -0.4 is 5.32 Å². The third-order valence-corrected chi connectivity index (χ3v) is 7.31. The average Bonchev–Trinajstić information content (AvgIpc) is 2.33. The molecule has 0 aromatic heterocycles. The first-order chi connectivity index (χ1) is 10.1. The van der Waals surface area contributed by atoms with E-state index in [1.165, 1.54) is 0 Å². The summed E-state index contributed by atoms with van der Waals surface area (Å²) in [6.07, 6.45) is 0.571. The molecular weight excluding hydrogens is 325 g/mol. The number of hydrogen-bond donors (Lipinski definition) is 3. The summed E-state index contributed by atoms with van der Waals surface area (Å²) in [5.74, 6) is 0. The fraction of sp³-hybridized carbons (Fsp3) is 1.00. The van der Waals surface area contributed by atoms with Crippen LogP contribution in [0.25, 0.3) is 0 Å². The van der Waals surface area contributed by atoms with E-state index in [4.69, 9.17) is 23.1 Å². The highest BCUT2D eigenvalue weighted by atomic mass is 31.2. The second kappa shape index (κ2) is 10.2. The first-order valence-electron chi connectivity index (χ1n) is 7.81. The van der Waals surface area contributed by atoms with Crippen LogP contribution in [0.5, 0.6) is 0 Å². The van der Waals surface area contributed by atoms with Crippen molar-refractivity contribution in [3.63, 3.8) is 0 Å². The van der Waals surface area contributed by atoms with Crippen molar-refractivity contribution >= 4 is 16.4 Å². The van der Waals surface area contributed by atoms with Gasteiger partial charge in [0.15, 0.2) is 0 Å². The van der Waals surface area contributed by atoms with Crippen molar-refractivity contribution in [2.24, 2.45) is 0 Å². The standard InChI is InChI=1S/C13H32NO6PSi/c1-6-18-22(19-7-2,20-8-3)11-9-10-14-13(4,5)12-21(15,16)17/h14H,6-12H2,1-5H3,(H2,15,16,17). The molecule has 0 unspecified atom stereocenters. The van der Waals surface area contributed by atoms with E-state index in [0.717, 1.165) is 6.42 Å². The Morgan fingerprint density at radius 2 is 1.50 bits per heavy atom. The Labute approximate surface area is 135 Å². The van der Waals surface area contributed by atoms with E-state index in [0.29, 0.717) is 32.4 Å². The summed E-state index contributed by atoms with van der Waals surface area (Å²) in [7, 11) is -6.66. The number of hydrogen-bond acceptors (Lipinski definition) is 5. The SMILES string of the molecule is CCO[Si](CCCNC(C)(C)CP(=O)(O)O)(OCC)OCC. The Balaban J connectivity index is 4.40. The summed E-state index contributed by atoms with van der Waals surface area (Å²) in [4.78, 5) is 18.1. The largest absolute Gasteiger partial charge is 0.500 e. The van der Waals surface area contributed by atoms with E-state index < -0.39 is 21.9 Å². The molecule has 22 heavy (non-hydrogen) atoms. The normalized spacial score (nSPS) is 13.6. The summed E-state index contributed by atoms with van der Waals surface area (Å²) in [5, 5.41) is 3.18. The van der Waals surface area contributed by atoms with Crippen LogP contribution in [0.2, 0.25) is 6.04 Å². The van der Waals surface area contributed by atoms with Gasteiger partial charge in [-0.1, -0.05) is 0 Å². The molecule has 0 aliphatic rings. The topological polar surface area (TPSA) is 97.3 Å². The molecule has 9 heteroatoms. The molecule has 0 rings (SSSR count). The predicted molar refractivity (Wildman–Crippen MR) is 89.0 cm³/mol. The highest BCUT2D eigenvalue weighted by molar-refractivity contribution is 7.51. The van der Waals surface area contributed by atoms with Crippen LogP contribution in [-0.4, -0.2) is 56.7 Å². The molecule has 0 saturated carbocycles. The summed E-state index contributed by atoms with van der Waals surface area (Å²) in [6, 6.07) is 0.682. The van der Waals surface area contributed by atoms with Gasteiger partial charge in [-0.15, -0.1) is 0 Å². The second-order valence-electron chi connectivity index (χ2n) is 5.72. The minimum absolute atomic E-state index is 0.190. The molecule has 0 fully saturated rings. The number of rotatable bonds is 13. The van der Waals surface area contributed by atoms with Crippen LogP contribution in [0.15, 0.2) is 0 Å². The lowest BCUT2D eigenvalue weighted by Gasteiger charge is -2.30. The van der Waals surface area contributed by atoms with Crippen molar-refractivity contribution < 1.29 is 27.6 Å². The molecule has 134 valence electrons. The fourth-order valence-electron chi connectivity index (χ4n) is 2.30. The third kappa shape index (κ3) is 10.1. The molecule has 0 saturated heterocycles. The summed E-state index contributed by atoms with van der Waals surface area (Å²) < 4.78 is 28.4. The van der Waals surface area contributed by atoms with E-state index >= 15 is 0 Å². The fourth-order valence-corrected chi connectivity index (χ4v) is 6.06. The van der Waals surface area contributed by atoms with Crippen molar-refractivity contribution in [3.8, 4) is 0 Å². The van der Waals surface area contributed by atoms with Gasteiger partial charge in [-0.25, -0.2) is 0 Å². The Morgan fingerprint density at radius 1 is 1.05 bits per heavy atom. The van der Waals surface area contributed by atoms with Crippen molar-refractivity contribution in [2.45, 2.75) is 52.6 Å². The van der Waals surface area contributed by atoms with Gasteiger partial charge in [0, 0.05) is 31.4 Å². The van der Waals surface area contributed by atoms with E-state index in [9.17, 15) is 4.57 Å². The first kappa shape index (κ1) is 22.2. The zero-order valence-corrected chi connectivity index (χ0v) is 16.3. The van der Waals surface area contributed by atoms with Crippen LogP contribution in [0.1, 0.15) is 41.0 Å². The van der Waals surface area contributed by atoms with Gasteiger partial charge in [0.2, 0.25) is 0 Å². The minimum atomic E-state index is -4.03. The zero-order chi connectivity index (χ0) is 17.3.